The fourth-order valence-electron chi connectivity index (χ4n) is 3.71. The number of fused-ring (bicyclic) bond motifs is 1. The van der Waals surface area contributed by atoms with E-state index in [1.807, 2.05) is 56.3 Å². The summed E-state index contributed by atoms with van der Waals surface area (Å²) in [6, 6.07) is 14.9. The summed E-state index contributed by atoms with van der Waals surface area (Å²) in [6.07, 6.45) is 1.55. The molecule has 0 spiro atoms. The molecule has 2 aromatic heterocycles. The van der Waals surface area contributed by atoms with E-state index in [1.54, 1.807) is 17.2 Å². The number of amides is 2. The largest absolute Gasteiger partial charge is 0.368 e. The summed E-state index contributed by atoms with van der Waals surface area (Å²) in [7, 11) is 0. The average Bonchev–Trinajstić information content (AvgIpc) is 2.78. The molecule has 1 aliphatic heterocycles. The van der Waals surface area contributed by atoms with Gasteiger partial charge in [-0.3, -0.25) is 14.6 Å². The molecule has 3 heterocycles. The standard InChI is InChI=1S/C24H26N4O3/c1-16(2)26-24(30)19-14-21(27-20-9-4-3-8-18(19)20)22-15-28(11-12-31-22)23(29)13-17-7-5-6-10-25-17/h3-10,14,16,22H,11-13,15H2,1-2H3,(H,26,30). The minimum absolute atomic E-state index is 0.00515. The Morgan fingerprint density at radius 3 is 2.77 bits per heavy atom. The summed E-state index contributed by atoms with van der Waals surface area (Å²) in [4.78, 5) is 36.4. The van der Waals surface area contributed by atoms with E-state index < -0.39 is 6.10 Å². The Bertz CT molecular complexity index is 1080. The Kier molecular flexibility index (Phi) is 6.23. The third-order valence-corrected chi connectivity index (χ3v) is 5.21. The van der Waals surface area contributed by atoms with E-state index in [9.17, 15) is 9.59 Å². The second kappa shape index (κ2) is 9.22. The highest BCUT2D eigenvalue weighted by Gasteiger charge is 2.28. The highest BCUT2D eigenvalue weighted by molar-refractivity contribution is 6.06. The van der Waals surface area contributed by atoms with Crippen LogP contribution in [-0.4, -0.2) is 52.4 Å². The van der Waals surface area contributed by atoms with Crippen molar-refractivity contribution in [3.05, 3.63) is 71.7 Å². The number of rotatable bonds is 5. The smallest absolute Gasteiger partial charge is 0.252 e. The van der Waals surface area contributed by atoms with E-state index in [-0.39, 0.29) is 24.3 Å². The van der Waals surface area contributed by atoms with Crippen molar-refractivity contribution in [1.82, 2.24) is 20.2 Å². The van der Waals surface area contributed by atoms with Gasteiger partial charge in [0.1, 0.15) is 6.10 Å². The summed E-state index contributed by atoms with van der Waals surface area (Å²) < 4.78 is 5.96. The van der Waals surface area contributed by atoms with Crippen LogP contribution in [0.4, 0.5) is 0 Å². The van der Waals surface area contributed by atoms with Gasteiger partial charge in [-0.2, -0.15) is 0 Å². The molecule has 31 heavy (non-hydrogen) atoms. The zero-order valence-corrected chi connectivity index (χ0v) is 17.7. The van der Waals surface area contributed by atoms with Crippen molar-refractivity contribution in [1.29, 1.82) is 0 Å². The Labute approximate surface area is 181 Å². The third-order valence-electron chi connectivity index (χ3n) is 5.21. The molecule has 0 bridgehead atoms. The first-order valence-electron chi connectivity index (χ1n) is 10.5. The van der Waals surface area contributed by atoms with E-state index in [1.165, 1.54) is 0 Å². The molecule has 1 N–H and O–H groups in total. The highest BCUT2D eigenvalue weighted by Crippen LogP contribution is 2.26. The lowest BCUT2D eigenvalue weighted by Crippen LogP contribution is -2.43. The van der Waals surface area contributed by atoms with Crippen LogP contribution >= 0.6 is 0 Å². The highest BCUT2D eigenvalue weighted by atomic mass is 16.5. The minimum Gasteiger partial charge on any atom is -0.368 e. The van der Waals surface area contributed by atoms with Gasteiger partial charge >= 0.3 is 0 Å². The zero-order valence-electron chi connectivity index (χ0n) is 17.7. The number of para-hydroxylation sites is 1. The van der Waals surface area contributed by atoms with Crippen molar-refractivity contribution in [2.24, 2.45) is 0 Å². The van der Waals surface area contributed by atoms with Crippen molar-refractivity contribution < 1.29 is 14.3 Å². The van der Waals surface area contributed by atoms with Crippen molar-refractivity contribution in [2.45, 2.75) is 32.4 Å². The Morgan fingerprint density at radius 1 is 1.19 bits per heavy atom. The van der Waals surface area contributed by atoms with Gasteiger partial charge < -0.3 is 15.0 Å². The number of morpholine rings is 1. The molecule has 1 saturated heterocycles. The van der Waals surface area contributed by atoms with Crippen molar-refractivity contribution in [3.8, 4) is 0 Å². The van der Waals surface area contributed by atoms with Gasteiger partial charge in [-0.15, -0.1) is 0 Å². The number of hydrogen-bond acceptors (Lipinski definition) is 5. The normalized spacial score (nSPS) is 16.5. The van der Waals surface area contributed by atoms with Gasteiger partial charge in [0.05, 0.1) is 36.3 Å². The lowest BCUT2D eigenvalue weighted by molar-refractivity contribution is -0.138. The van der Waals surface area contributed by atoms with E-state index in [4.69, 9.17) is 9.72 Å². The van der Waals surface area contributed by atoms with Crippen LogP contribution in [0.3, 0.4) is 0 Å². The minimum atomic E-state index is -0.392. The topological polar surface area (TPSA) is 84.4 Å². The van der Waals surface area contributed by atoms with Crippen molar-refractivity contribution in [2.75, 3.05) is 19.7 Å². The fourth-order valence-corrected chi connectivity index (χ4v) is 3.71. The molecule has 7 nitrogen and oxygen atoms in total. The summed E-state index contributed by atoms with van der Waals surface area (Å²) >= 11 is 0. The lowest BCUT2D eigenvalue weighted by Gasteiger charge is -2.33. The number of ether oxygens (including phenoxy) is 1. The second-order valence-electron chi connectivity index (χ2n) is 7.94. The molecule has 0 saturated carbocycles. The number of nitrogens with one attached hydrogen (secondary N) is 1. The number of pyridine rings is 2. The van der Waals surface area contributed by atoms with Crippen LogP contribution in [-0.2, 0) is 16.0 Å². The van der Waals surface area contributed by atoms with Gasteiger partial charge in [0.15, 0.2) is 0 Å². The van der Waals surface area contributed by atoms with E-state index in [0.29, 0.717) is 31.0 Å². The Balaban J connectivity index is 1.59. The van der Waals surface area contributed by atoms with Gasteiger partial charge in [-0.05, 0) is 38.1 Å². The maximum absolute atomic E-state index is 12.8. The van der Waals surface area contributed by atoms with Crippen molar-refractivity contribution in [3.63, 3.8) is 0 Å². The first kappa shape index (κ1) is 20.9. The quantitative estimate of drug-likeness (QED) is 0.689. The number of benzene rings is 1. The van der Waals surface area contributed by atoms with E-state index in [2.05, 4.69) is 10.3 Å². The molecule has 1 atom stereocenters. The van der Waals surface area contributed by atoms with E-state index >= 15 is 0 Å². The van der Waals surface area contributed by atoms with Crippen molar-refractivity contribution >= 4 is 22.7 Å². The lowest BCUT2D eigenvalue weighted by atomic mass is 10.0. The predicted octanol–water partition coefficient (Wildman–Crippen LogP) is 2.91. The molecule has 0 aliphatic carbocycles. The molecule has 1 aromatic carbocycles. The number of hydrogen-bond donors (Lipinski definition) is 1. The summed E-state index contributed by atoms with van der Waals surface area (Å²) in [5, 5.41) is 3.75. The van der Waals surface area contributed by atoms with E-state index in [0.717, 1.165) is 16.6 Å². The summed E-state index contributed by atoms with van der Waals surface area (Å²) in [5.74, 6) is -0.140. The zero-order chi connectivity index (χ0) is 21.8. The van der Waals surface area contributed by atoms with Crippen LogP contribution in [0, 0.1) is 0 Å². The third kappa shape index (κ3) is 4.88. The maximum atomic E-state index is 12.8. The molecule has 4 rings (SSSR count). The van der Waals surface area contributed by atoms with Crippen LogP contribution < -0.4 is 5.32 Å². The van der Waals surface area contributed by atoms with Crippen LogP contribution in [0.1, 0.15) is 41.7 Å². The number of nitrogens with zero attached hydrogens (tertiary/aromatic N) is 3. The second-order valence-corrected chi connectivity index (χ2v) is 7.94. The maximum Gasteiger partial charge on any atom is 0.252 e. The van der Waals surface area contributed by atoms with Gasteiger partial charge in [-0.1, -0.05) is 24.3 Å². The summed E-state index contributed by atoms with van der Waals surface area (Å²) in [5.41, 5.74) is 2.69. The summed E-state index contributed by atoms with van der Waals surface area (Å²) in [6.45, 7) is 5.19. The number of carbonyl (C=O) groups excluding carboxylic acids is 2. The molecule has 1 unspecified atom stereocenters. The molecular formula is C24H26N4O3. The SMILES string of the molecule is CC(C)NC(=O)c1cc(C2CN(C(=O)Cc3ccccn3)CCO2)nc2ccccc12. The number of carbonyl (C=O) groups is 2. The fraction of sp³-hybridized carbons (Fsp3) is 0.333. The van der Waals surface area contributed by atoms with Crippen LogP contribution in [0.25, 0.3) is 10.9 Å². The van der Waals surface area contributed by atoms with Crippen LogP contribution in [0.15, 0.2) is 54.7 Å². The molecule has 3 aromatic rings. The Morgan fingerprint density at radius 2 is 2.00 bits per heavy atom. The van der Waals surface area contributed by atoms with Gasteiger partial charge in [-0.25, -0.2) is 4.98 Å². The molecule has 1 fully saturated rings. The molecule has 1 aliphatic rings. The molecule has 160 valence electrons. The molecule has 0 radical (unpaired) electrons. The molecule has 7 heteroatoms. The Hall–Kier alpha value is -3.32. The van der Waals surface area contributed by atoms with Gasteiger partial charge in [0, 0.05) is 29.9 Å². The average molecular weight is 418 g/mol. The van der Waals surface area contributed by atoms with Crippen LogP contribution in [0.5, 0.6) is 0 Å². The first-order chi connectivity index (χ1) is 15.0. The van der Waals surface area contributed by atoms with Gasteiger partial charge in [0.25, 0.3) is 5.91 Å². The first-order valence-corrected chi connectivity index (χ1v) is 10.5. The molecular weight excluding hydrogens is 392 g/mol. The van der Waals surface area contributed by atoms with Crippen LogP contribution in [0.2, 0.25) is 0 Å². The van der Waals surface area contributed by atoms with Gasteiger partial charge in [0.2, 0.25) is 5.91 Å². The number of aromatic nitrogens is 2. The molecule has 2 amide bonds. The predicted molar refractivity (Wildman–Crippen MR) is 118 cm³/mol. The monoisotopic (exact) mass is 418 g/mol.